The van der Waals surface area contributed by atoms with Gasteiger partial charge in [0, 0.05) is 12.2 Å². The zero-order valence-corrected chi connectivity index (χ0v) is 7.32. The van der Waals surface area contributed by atoms with Gasteiger partial charge in [-0.3, -0.25) is 4.79 Å². The molecule has 1 aromatic rings. The van der Waals surface area contributed by atoms with Crippen LogP contribution in [0.5, 0.6) is 0 Å². The molecule has 1 amide bonds. The maximum absolute atomic E-state index is 10.5. The first kappa shape index (κ1) is 8.77. The molecule has 1 heterocycles. The molecular formula is C8H13N3O. The van der Waals surface area contributed by atoms with Crippen molar-refractivity contribution in [3.05, 3.63) is 18.2 Å². The van der Waals surface area contributed by atoms with Crippen LogP contribution in [0.1, 0.15) is 25.6 Å². The maximum atomic E-state index is 10.5. The third kappa shape index (κ3) is 2.08. The summed E-state index contributed by atoms with van der Waals surface area (Å²) in [6.45, 7) is 4.10. The first-order chi connectivity index (χ1) is 5.59. The highest BCUT2D eigenvalue weighted by Crippen LogP contribution is 2.05. The fourth-order valence-electron chi connectivity index (χ4n) is 0.932. The first-order valence-corrected chi connectivity index (χ1v) is 3.90. The molecule has 0 spiro atoms. The van der Waals surface area contributed by atoms with Crippen LogP contribution in [0.4, 0.5) is 0 Å². The lowest BCUT2D eigenvalue weighted by atomic mass is 10.3. The van der Waals surface area contributed by atoms with E-state index in [1.54, 1.807) is 6.33 Å². The Labute approximate surface area is 71.4 Å². The average Bonchev–Trinajstić information content (AvgIpc) is 2.34. The molecule has 0 bridgehead atoms. The van der Waals surface area contributed by atoms with Gasteiger partial charge in [0.1, 0.15) is 0 Å². The van der Waals surface area contributed by atoms with Crippen molar-refractivity contribution in [3.63, 3.8) is 0 Å². The summed E-state index contributed by atoms with van der Waals surface area (Å²) in [6.07, 6.45) is 3.78. The van der Waals surface area contributed by atoms with Crippen molar-refractivity contribution in [1.29, 1.82) is 0 Å². The summed E-state index contributed by atoms with van der Waals surface area (Å²) in [7, 11) is 0. The molecule has 0 fully saturated rings. The molecule has 0 aliphatic carbocycles. The highest BCUT2D eigenvalue weighted by Gasteiger charge is 2.03. The Morgan fingerprint density at radius 3 is 2.83 bits per heavy atom. The van der Waals surface area contributed by atoms with Crippen molar-refractivity contribution < 1.29 is 4.79 Å². The molecule has 66 valence electrons. The number of imidazole rings is 1. The molecule has 1 rings (SSSR count). The molecule has 0 radical (unpaired) electrons. The summed E-state index contributed by atoms with van der Waals surface area (Å²) in [5.74, 6) is -0.344. The molecule has 0 aliphatic rings. The number of primary amides is 1. The fourth-order valence-corrected chi connectivity index (χ4v) is 0.932. The molecule has 0 aromatic carbocycles. The third-order valence-electron chi connectivity index (χ3n) is 1.61. The van der Waals surface area contributed by atoms with E-state index in [1.165, 1.54) is 0 Å². The molecule has 0 saturated carbocycles. The van der Waals surface area contributed by atoms with Crippen molar-refractivity contribution >= 4 is 5.91 Å². The molecule has 1 aromatic heterocycles. The van der Waals surface area contributed by atoms with Crippen molar-refractivity contribution in [2.45, 2.75) is 26.3 Å². The minimum atomic E-state index is -0.344. The number of carbonyl (C=O) groups excluding carboxylic acids is 1. The summed E-state index contributed by atoms with van der Waals surface area (Å²) in [5, 5.41) is 0. The van der Waals surface area contributed by atoms with Crippen LogP contribution in [0.2, 0.25) is 0 Å². The number of nitrogens with two attached hydrogens (primary N) is 1. The van der Waals surface area contributed by atoms with Crippen molar-refractivity contribution in [1.82, 2.24) is 9.55 Å². The zero-order chi connectivity index (χ0) is 9.14. The van der Waals surface area contributed by atoms with Gasteiger partial charge in [-0.25, -0.2) is 4.98 Å². The van der Waals surface area contributed by atoms with Crippen LogP contribution in [-0.4, -0.2) is 15.5 Å². The molecule has 0 saturated heterocycles. The summed E-state index contributed by atoms with van der Waals surface area (Å²) in [5.41, 5.74) is 5.75. The highest BCUT2D eigenvalue weighted by atomic mass is 16.1. The van der Waals surface area contributed by atoms with E-state index in [0.29, 0.717) is 6.04 Å². The number of aromatic nitrogens is 2. The highest BCUT2D eigenvalue weighted by molar-refractivity contribution is 5.75. The Kier molecular flexibility index (Phi) is 2.47. The van der Waals surface area contributed by atoms with Gasteiger partial charge in [0.2, 0.25) is 5.91 Å². The predicted octanol–water partition coefficient (Wildman–Crippen LogP) is 0.492. The summed E-state index contributed by atoms with van der Waals surface area (Å²) in [4.78, 5) is 14.6. The smallest absolute Gasteiger partial charge is 0.223 e. The van der Waals surface area contributed by atoms with Crippen LogP contribution < -0.4 is 5.73 Å². The van der Waals surface area contributed by atoms with Gasteiger partial charge >= 0.3 is 0 Å². The Morgan fingerprint density at radius 2 is 2.42 bits per heavy atom. The molecule has 0 unspecified atom stereocenters. The number of nitrogens with zero attached hydrogens (tertiary/aromatic N) is 2. The SMILES string of the molecule is CC(C)n1cnc(CC(N)=O)c1. The third-order valence-corrected chi connectivity index (χ3v) is 1.61. The van der Waals surface area contributed by atoms with Gasteiger partial charge in [-0.15, -0.1) is 0 Å². The quantitative estimate of drug-likeness (QED) is 0.712. The monoisotopic (exact) mass is 167 g/mol. The van der Waals surface area contributed by atoms with Gasteiger partial charge in [-0.1, -0.05) is 0 Å². The normalized spacial score (nSPS) is 10.6. The Bertz CT molecular complexity index is 278. The van der Waals surface area contributed by atoms with E-state index in [9.17, 15) is 4.79 Å². The van der Waals surface area contributed by atoms with Crippen molar-refractivity contribution in [2.24, 2.45) is 5.73 Å². The Hall–Kier alpha value is -1.32. The number of carbonyl (C=O) groups is 1. The minimum absolute atomic E-state index is 0.222. The van der Waals surface area contributed by atoms with Gasteiger partial charge in [-0.2, -0.15) is 0 Å². The second-order valence-corrected chi connectivity index (χ2v) is 3.05. The van der Waals surface area contributed by atoms with Gasteiger partial charge < -0.3 is 10.3 Å². The van der Waals surface area contributed by atoms with E-state index >= 15 is 0 Å². The average molecular weight is 167 g/mol. The van der Waals surface area contributed by atoms with Crippen LogP contribution in [0.25, 0.3) is 0 Å². The van der Waals surface area contributed by atoms with Crippen molar-refractivity contribution in [3.8, 4) is 0 Å². The van der Waals surface area contributed by atoms with E-state index in [-0.39, 0.29) is 12.3 Å². The van der Waals surface area contributed by atoms with Crippen LogP contribution in [-0.2, 0) is 11.2 Å². The fraction of sp³-hybridized carbons (Fsp3) is 0.500. The van der Waals surface area contributed by atoms with E-state index < -0.39 is 0 Å². The van der Waals surface area contributed by atoms with Crippen LogP contribution in [0.3, 0.4) is 0 Å². The van der Waals surface area contributed by atoms with Crippen LogP contribution >= 0.6 is 0 Å². The van der Waals surface area contributed by atoms with Crippen LogP contribution in [0.15, 0.2) is 12.5 Å². The standard InChI is InChI=1S/C8H13N3O/c1-6(2)11-4-7(10-5-11)3-8(9)12/h4-6H,3H2,1-2H3,(H2,9,12). The molecule has 0 aliphatic heterocycles. The number of hydrogen-bond donors (Lipinski definition) is 1. The van der Waals surface area contributed by atoms with Gasteiger partial charge in [0.05, 0.1) is 18.4 Å². The second-order valence-electron chi connectivity index (χ2n) is 3.05. The lowest BCUT2D eigenvalue weighted by Crippen LogP contribution is -2.13. The molecule has 12 heavy (non-hydrogen) atoms. The molecule has 4 nitrogen and oxygen atoms in total. The summed E-state index contributed by atoms with van der Waals surface area (Å²) < 4.78 is 1.94. The molecular weight excluding hydrogens is 154 g/mol. The first-order valence-electron chi connectivity index (χ1n) is 3.90. The number of hydrogen-bond acceptors (Lipinski definition) is 2. The summed E-state index contributed by atoms with van der Waals surface area (Å²) >= 11 is 0. The Balaban J connectivity index is 2.70. The zero-order valence-electron chi connectivity index (χ0n) is 7.32. The maximum Gasteiger partial charge on any atom is 0.223 e. The van der Waals surface area contributed by atoms with E-state index in [1.807, 2.05) is 10.8 Å². The molecule has 4 heteroatoms. The van der Waals surface area contributed by atoms with Gasteiger partial charge in [-0.05, 0) is 13.8 Å². The topological polar surface area (TPSA) is 60.9 Å². The lowest BCUT2D eigenvalue weighted by Gasteiger charge is -2.03. The molecule has 0 atom stereocenters. The van der Waals surface area contributed by atoms with E-state index in [2.05, 4.69) is 18.8 Å². The number of rotatable bonds is 3. The summed E-state index contributed by atoms with van der Waals surface area (Å²) in [6, 6.07) is 0.374. The van der Waals surface area contributed by atoms with E-state index in [4.69, 9.17) is 5.73 Å². The van der Waals surface area contributed by atoms with Crippen LogP contribution in [0, 0.1) is 0 Å². The van der Waals surface area contributed by atoms with E-state index in [0.717, 1.165) is 5.69 Å². The largest absolute Gasteiger partial charge is 0.369 e. The van der Waals surface area contributed by atoms with Crippen molar-refractivity contribution in [2.75, 3.05) is 0 Å². The second kappa shape index (κ2) is 3.38. The molecule has 2 N–H and O–H groups in total. The van der Waals surface area contributed by atoms with Gasteiger partial charge in [0.25, 0.3) is 0 Å². The van der Waals surface area contributed by atoms with Gasteiger partial charge in [0.15, 0.2) is 0 Å². The minimum Gasteiger partial charge on any atom is -0.369 e. The lowest BCUT2D eigenvalue weighted by molar-refractivity contribution is -0.117. The predicted molar refractivity (Wildman–Crippen MR) is 45.5 cm³/mol. The Morgan fingerprint density at radius 1 is 1.75 bits per heavy atom. The number of amides is 1.